The fourth-order valence-corrected chi connectivity index (χ4v) is 1.84. The highest BCUT2D eigenvalue weighted by Gasteiger charge is 2.20. The van der Waals surface area contributed by atoms with Crippen LogP contribution in [0.5, 0.6) is 0 Å². The van der Waals surface area contributed by atoms with Gasteiger partial charge in [0.1, 0.15) is 0 Å². The summed E-state index contributed by atoms with van der Waals surface area (Å²) in [5.74, 6) is 0. The minimum atomic E-state index is 0.526. The van der Waals surface area contributed by atoms with Crippen molar-refractivity contribution in [2.24, 2.45) is 0 Å². The Morgan fingerprint density at radius 2 is 1.64 bits per heavy atom. The van der Waals surface area contributed by atoms with Crippen molar-refractivity contribution in [1.29, 1.82) is 0 Å². The van der Waals surface area contributed by atoms with E-state index in [9.17, 15) is 0 Å². The summed E-state index contributed by atoms with van der Waals surface area (Å²) in [5.41, 5.74) is 6.69. The molecule has 0 aromatic rings. The predicted octanol–water partition coefficient (Wildman–Crippen LogP) is 1.36. The summed E-state index contributed by atoms with van der Waals surface area (Å²) in [6.45, 7) is 11.3. The minimum absolute atomic E-state index is 0.526. The fraction of sp³-hybridized carbons (Fsp3) is 1.00. The first kappa shape index (κ1) is 12.0. The molecular weight excluding hydrogens is 174 g/mol. The highest BCUT2D eigenvalue weighted by molar-refractivity contribution is 4.77. The van der Waals surface area contributed by atoms with E-state index in [4.69, 9.17) is 0 Å². The van der Waals surface area contributed by atoms with Gasteiger partial charge in [-0.3, -0.25) is 10.9 Å². The number of nitrogens with zero attached hydrogens (tertiary/aromatic N) is 1. The number of rotatable bonds is 4. The van der Waals surface area contributed by atoms with Gasteiger partial charge in [0.15, 0.2) is 0 Å². The normalized spacial score (nSPS) is 21.0. The van der Waals surface area contributed by atoms with Crippen LogP contribution < -0.4 is 10.9 Å². The molecule has 3 heteroatoms. The van der Waals surface area contributed by atoms with E-state index >= 15 is 0 Å². The van der Waals surface area contributed by atoms with Gasteiger partial charge in [0.05, 0.1) is 0 Å². The smallest absolute Gasteiger partial charge is 0.0237 e. The van der Waals surface area contributed by atoms with Crippen molar-refractivity contribution in [3.8, 4) is 0 Å². The molecule has 1 aliphatic rings. The average molecular weight is 199 g/mol. The Balaban J connectivity index is 2.16. The Morgan fingerprint density at radius 3 is 2.07 bits per heavy atom. The first-order chi connectivity index (χ1) is 6.59. The largest absolute Gasteiger partial charge is 0.301 e. The van der Waals surface area contributed by atoms with Crippen molar-refractivity contribution in [2.45, 2.75) is 58.7 Å². The van der Waals surface area contributed by atoms with Crippen molar-refractivity contribution < 1.29 is 0 Å². The molecule has 14 heavy (non-hydrogen) atoms. The van der Waals surface area contributed by atoms with Crippen LogP contribution in [0, 0.1) is 0 Å². The third-order valence-corrected chi connectivity index (χ3v) is 2.84. The van der Waals surface area contributed by atoms with E-state index < -0.39 is 0 Å². The molecule has 3 nitrogen and oxygen atoms in total. The quantitative estimate of drug-likeness (QED) is 0.670. The Kier molecular flexibility index (Phi) is 4.85. The molecule has 0 aromatic heterocycles. The molecule has 0 spiro atoms. The molecule has 0 aliphatic carbocycles. The highest BCUT2D eigenvalue weighted by Crippen LogP contribution is 2.12. The predicted molar refractivity (Wildman–Crippen MR) is 61.1 cm³/mol. The molecule has 1 fully saturated rings. The highest BCUT2D eigenvalue weighted by atomic mass is 15.4. The molecule has 1 rings (SSSR count). The fourth-order valence-electron chi connectivity index (χ4n) is 1.84. The van der Waals surface area contributed by atoms with Crippen molar-refractivity contribution in [3.63, 3.8) is 0 Å². The van der Waals surface area contributed by atoms with Gasteiger partial charge in [0, 0.05) is 18.1 Å². The maximum Gasteiger partial charge on any atom is 0.0237 e. The number of likely N-dealkylation sites (tertiary alicyclic amines) is 1. The summed E-state index contributed by atoms with van der Waals surface area (Å²) in [5, 5.41) is 0. The van der Waals surface area contributed by atoms with E-state index in [-0.39, 0.29) is 0 Å². The summed E-state index contributed by atoms with van der Waals surface area (Å²) in [4.78, 5) is 2.55. The second-order valence-corrected chi connectivity index (χ2v) is 4.85. The molecule has 2 N–H and O–H groups in total. The van der Waals surface area contributed by atoms with Crippen LogP contribution >= 0.6 is 0 Å². The summed E-state index contributed by atoms with van der Waals surface area (Å²) < 4.78 is 0. The Labute approximate surface area is 88.2 Å². The number of nitrogens with one attached hydrogen (secondary N) is 2. The van der Waals surface area contributed by atoms with Crippen LogP contribution in [0.3, 0.4) is 0 Å². The molecule has 0 bridgehead atoms. The Hall–Kier alpha value is -0.120. The van der Waals surface area contributed by atoms with Crippen molar-refractivity contribution in [3.05, 3.63) is 0 Å². The third kappa shape index (κ3) is 3.95. The maximum absolute atomic E-state index is 3.40. The van der Waals surface area contributed by atoms with E-state index in [1.807, 2.05) is 0 Å². The van der Waals surface area contributed by atoms with Crippen LogP contribution in [-0.4, -0.2) is 36.1 Å². The SMILES string of the molecule is CC(C)NNC1CCN(C(C)C)CC1. The molecule has 0 aromatic carbocycles. The van der Waals surface area contributed by atoms with E-state index in [0.717, 1.165) is 0 Å². The third-order valence-electron chi connectivity index (χ3n) is 2.84. The molecule has 0 amide bonds. The lowest BCUT2D eigenvalue weighted by molar-refractivity contribution is 0.153. The van der Waals surface area contributed by atoms with E-state index in [1.165, 1.54) is 25.9 Å². The summed E-state index contributed by atoms with van der Waals surface area (Å²) in [7, 11) is 0. The topological polar surface area (TPSA) is 27.3 Å². The van der Waals surface area contributed by atoms with Crippen LogP contribution in [0.15, 0.2) is 0 Å². The van der Waals surface area contributed by atoms with Gasteiger partial charge in [-0.25, -0.2) is 0 Å². The average Bonchev–Trinajstić information content (AvgIpc) is 2.15. The number of hydrogen-bond acceptors (Lipinski definition) is 3. The number of piperidine rings is 1. The second kappa shape index (κ2) is 5.69. The van der Waals surface area contributed by atoms with Crippen LogP contribution in [0.1, 0.15) is 40.5 Å². The summed E-state index contributed by atoms with van der Waals surface area (Å²) in [6, 6.07) is 1.89. The number of hydrogen-bond donors (Lipinski definition) is 2. The lowest BCUT2D eigenvalue weighted by Gasteiger charge is -2.35. The molecule has 0 atom stereocenters. The van der Waals surface area contributed by atoms with Gasteiger partial charge < -0.3 is 4.90 Å². The molecule has 1 saturated heterocycles. The van der Waals surface area contributed by atoms with Crippen LogP contribution in [0.4, 0.5) is 0 Å². The standard InChI is InChI=1S/C11H25N3/c1-9(2)12-13-11-5-7-14(8-6-11)10(3)4/h9-13H,5-8H2,1-4H3. The lowest BCUT2D eigenvalue weighted by Crippen LogP contribution is -2.50. The first-order valence-corrected chi connectivity index (χ1v) is 5.84. The molecule has 0 unspecified atom stereocenters. The van der Waals surface area contributed by atoms with Gasteiger partial charge >= 0.3 is 0 Å². The monoisotopic (exact) mass is 199 g/mol. The lowest BCUT2D eigenvalue weighted by atomic mass is 10.0. The summed E-state index contributed by atoms with van der Waals surface area (Å²) in [6.07, 6.45) is 2.52. The van der Waals surface area contributed by atoms with Crippen LogP contribution in [0.25, 0.3) is 0 Å². The van der Waals surface area contributed by atoms with Gasteiger partial charge in [0.25, 0.3) is 0 Å². The first-order valence-electron chi connectivity index (χ1n) is 5.84. The van der Waals surface area contributed by atoms with Crippen LogP contribution in [0.2, 0.25) is 0 Å². The second-order valence-electron chi connectivity index (χ2n) is 4.85. The Bertz CT molecular complexity index is 149. The number of hydrazine groups is 1. The van der Waals surface area contributed by atoms with Crippen LogP contribution in [-0.2, 0) is 0 Å². The summed E-state index contributed by atoms with van der Waals surface area (Å²) >= 11 is 0. The maximum atomic E-state index is 3.40. The molecule has 0 saturated carbocycles. The van der Waals surface area contributed by atoms with Gasteiger partial charge in [-0.1, -0.05) is 0 Å². The van der Waals surface area contributed by atoms with E-state index in [1.54, 1.807) is 0 Å². The molecule has 1 heterocycles. The van der Waals surface area contributed by atoms with Gasteiger partial charge in [0.2, 0.25) is 0 Å². The molecule has 84 valence electrons. The van der Waals surface area contributed by atoms with Crippen molar-refractivity contribution in [2.75, 3.05) is 13.1 Å². The zero-order valence-corrected chi connectivity index (χ0v) is 10.0. The Morgan fingerprint density at radius 1 is 1.07 bits per heavy atom. The minimum Gasteiger partial charge on any atom is -0.301 e. The zero-order chi connectivity index (χ0) is 10.6. The molecule has 0 radical (unpaired) electrons. The van der Waals surface area contributed by atoms with E-state index in [2.05, 4.69) is 43.4 Å². The molecular formula is C11H25N3. The molecule has 1 aliphatic heterocycles. The van der Waals surface area contributed by atoms with Gasteiger partial charge in [-0.2, -0.15) is 0 Å². The zero-order valence-electron chi connectivity index (χ0n) is 10.0. The van der Waals surface area contributed by atoms with Crippen molar-refractivity contribution in [1.82, 2.24) is 15.8 Å². The van der Waals surface area contributed by atoms with Gasteiger partial charge in [-0.15, -0.1) is 0 Å². The van der Waals surface area contributed by atoms with Crippen molar-refractivity contribution >= 4 is 0 Å². The van der Waals surface area contributed by atoms with E-state index in [0.29, 0.717) is 18.1 Å². The van der Waals surface area contributed by atoms with Gasteiger partial charge in [-0.05, 0) is 53.6 Å².